The topological polar surface area (TPSA) is 83.8 Å². The van der Waals surface area contributed by atoms with Crippen LogP contribution in [0.15, 0.2) is 0 Å². The Bertz CT molecular complexity index is 342. The van der Waals surface area contributed by atoms with Crippen molar-refractivity contribution in [2.45, 2.75) is 9.64 Å². The fourth-order valence-electron chi connectivity index (χ4n) is 0.467. The molecule has 0 spiro atoms. The van der Waals surface area contributed by atoms with E-state index < -0.39 is 26.2 Å². The van der Waals surface area contributed by atoms with Crippen molar-refractivity contribution in [1.29, 1.82) is 0 Å². The summed E-state index contributed by atoms with van der Waals surface area (Å²) in [5, 5.41) is 0. The number of hydrogen-bond donors (Lipinski definition) is 2. The van der Waals surface area contributed by atoms with Crippen molar-refractivity contribution in [3.05, 3.63) is 0 Å². The van der Waals surface area contributed by atoms with Crippen LogP contribution in [0.5, 0.6) is 0 Å². The maximum Gasteiger partial charge on any atom is 0.265 e. The fourth-order valence-corrected chi connectivity index (χ4v) is 5.07. The Morgan fingerprint density at radius 1 is 1.43 bits per heavy atom. The second-order valence-electron chi connectivity index (χ2n) is 2.28. The Kier molecular flexibility index (Phi) is 5.14. The van der Waals surface area contributed by atoms with E-state index in [4.69, 9.17) is 44.6 Å². The highest BCUT2D eigenvalue weighted by atomic mass is 35.6. The maximum atomic E-state index is 10.7. The molecule has 0 heterocycles. The average molecular weight is 324 g/mol. The van der Waals surface area contributed by atoms with Crippen LogP contribution in [-0.2, 0) is 26.1 Å². The van der Waals surface area contributed by atoms with Crippen LogP contribution < -0.4 is 0 Å². The van der Waals surface area contributed by atoms with Crippen molar-refractivity contribution < 1.29 is 22.4 Å². The molecule has 0 aromatic carbocycles. The molecule has 11 heteroatoms. The van der Waals surface area contributed by atoms with Gasteiger partial charge in [0.15, 0.2) is 5.85 Å². The third-order valence-electron chi connectivity index (χ3n) is 0.851. The van der Waals surface area contributed by atoms with Crippen molar-refractivity contribution in [2.24, 2.45) is 0 Å². The van der Waals surface area contributed by atoms with Gasteiger partial charge < -0.3 is 9.79 Å². The van der Waals surface area contributed by atoms with Gasteiger partial charge in [-0.05, 0) is 11.8 Å². The molecule has 2 N–H and O–H groups in total. The summed E-state index contributed by atoms with van der Waals surface area (Å²) in [6.45, 7) is -4.16. The van der Waals surface area contributed by atoms with E-state index in [1.807, 2.05) is 0 Å². The van der Waals surface area contributed by atoms with Gasteiger partial charge in [-0.2, -0.15) is 8.42 Å². The molecule has 5 nitrogen and oxygen atoms in total. The van der Waals surface area contributed by atoms with Gasteiger partial charge in [0, 0.05) is 0 Å². The van der Waals surface area contributed by atoms with E-state index in [1.54, 1.807) is 0 Å². The van der Waals surface area contributed by atoms with Gasteiger partial charge in [0.2, 0.25) is 10.3 Å². The predicted molar refractivity (Wildman–Crippen MR) is 58.7 cm³/mol. The molecule has 0 saturated heterocycles. The maximum absolute atomic E-state index is 10.7. The molecule has 14 heavy (non-hydrogen) atoms. The molecule has 0 amide bonds. The zero-order valence-electron chi connectivity index (χ0n) is 6.59. The van der Waals surface area contributed by atoms with Crippen LogP contribution in [-0.4, -0.2) is 34.1 Å². The SMILES string of the molecule is CS(=O)(=O)OC(C(Cl)(Cl)Cl)P(O)(O)=S. The highest BCUT2D eigenvalue weighted by Gasteiger charge is 2.45. The van der Waals surface area contributed by atoms with Gasteiger partial charge in [0.25, 0.3) is 10.1 Å². The summed E-state index contributed by atoms with van der Waals surface area (Å²) < 4.78 is 23.2. The molecule has 0 aliphatic rings. The van der Waals surface area contributed by atoms with Gasteiger partial charge >= 0.3 is 0 Å². The minimum atomic E-state index is -4.16. The van der Waals surface area contributed by atoms with Crippen LogP contribution >= 0.6 is 41.3 Å². The quantitative estimate of drug-likeness (QED) is 0.457. The molecule has 0 aliphatic carbocycles. The third-order valence-corrected chi connectivity index (χ3v) is 4.27. The highest BCUT2D eigenvalue weighted by Crippen LogP contribution is 2.53. The van der Waals surface area contributed by atoms with E-state index in [0.29, 0.717) is 6.26 Å². The zero-order chi connectivity index (χ0) is 11.8. The molecule has 0 bridgehead atoms. The van der Waals surface area contributed by atoms with Crippen molar-refractivity contribution in [3.8, 4) is 0 Å². The predicted octanol–water partition coefficient (Wildman–Crippen LogP) is 0.953. The normalized spacial score (nSPS) is 16.7. The molecule has 1 unspecified atom stereocenters. The van der Waals surface area contributed by atoms with Crippen LogP contribution in [0.2, 0.25) is 0 Å². The Labute approximate surface area is 101 Å². The summed E-state index contributed by atoms with van der Waals surface area (Å²) in [6.07, 6.45) is 0.668. The molecule has 0 aliphatic heterocycles. The minimum absolute atomic E-state index is 0.668. The molecule has 0 aromatic heterocycles. The zero-order valence-corrected chi connectivity index (χ0v) is 11.4. The van der Waals surface area contributed by atoms with Gasteiger partial charge in [-0.15, -0.1) is 0 Å². The second kappa shape index (κ2) is 4.69. The monoisotopic (exact) mass is 322 g/mol. The smallest absolute Gasteiger partial charge is 0.265 e. The molecule has 0 radical (unpaired) electrons. The lowest BCUT2D eigenvalue weighted by Crippen LogP contribution is -2.30. The minimum Gasteiger partial charge on any atom is -0.343 e. The van der Waals surface area contributed by atoms with E-state index in [0.717, 1.165) is 0 Å². The number of halogens is 3. The first-order valence-electron chi connectivity index (χ1n) is 2.84. The van der Waals surface area contributed by atoms with E-state index in [-0.39, 0.29) is 0 Å². The molecule has 0 fully saturated rings. The number of rotatable bonds is 3. The van der Waals surface area contributed by atoms with Gasteiger partial charge in [-0.3, -0.25) is 4.18 Å². The molecule has 1 atom stereocenters. The lowest BCUT2D eigenvalue weighted by molar-refractivity contribution is 0.261. The first kappa shape index (κ1) is 15.3. The standard InChI is InChI=1S/C3H6Cl3O5PS2/c1-14(9,10)11-2(3(4,5)6)12(7,8)13/h2H,1H3,(H2,7,8,13). The van der Waals surface area contributed by atoms with Crippen LogP contribution in [0, 0.1) is 0 Å². The van der Waals surface area contributed by atoms with Gasteiger partial charge in [-0.25, -0.2) is 0 Å². The van der Waals surface area contributed by atoms with Crippen molar-refractivity contribution >= 4 is 63.2 Å². The Morgan fingerprint density at radius 3 is 1.86 bits per heavy atom. The first-order valence-corrected chi connectivity index (χ1v) is 8.57. The van der Waals surface area contributed by atoms with Crippen molar-refractivity contribution in [2.75, 3.05) is 6.26 Å². The lowest BCUT2D eigenvalue weighted by Gasteiger charge is -2.26. The largest absolute Gasteiger partial charge is 0.343 e. The van der Waals surface area contributed by atoms with Gasteiger partial charge in [0.05, 0.1) is 6.26 Å². The van der Waals surface area contributed by atoms with Crippen LogP contribution in [0.4, 0.5) is 0 Å². The second-order valence-corrected chi connectivity index (χ2v) is 9.51. The van der Waals surface area contributed by atoms with E-state index in [2.05, 4.69) is 16.0 Å². The highest BCUT2D eigenvalue weighted by molar-refractivity contribution is 8.09. The summed E-state index contributed by atoms with van der Waals surface area (Å²) >= 11 is 20.0. The molecular weight excluding hydrogens is 317 g/mol. The Balaban J connectivity index is 5.07. The lowest BCUT2D eigenvalue weighted by atomic mass is 10.8. The van der Waals surface area contributed by atoms with Gasteiger partial charge in [-0.1, -0.05) is 34.8 Å². The van der Waals surface area contributed by atoms with E-state index in [9.17, 15) is 8.42 Å². The van der Waals surface area contributed by atoms with E-state index in [1.165, 1.54) is 0 Å². The first-order chi connectivity index (χ1) is 5.84. The average Bonchev–Trinajstić information content (AvgIpc) is 1.75. The summed E-state index contributed by atoms with van der Waals surface area (Å²) in [5.74, 6) is -1.98. The van der Waals surface area contributed by atoms with Crippen LogP contribution in [0.3, 0.4) is 0 Å². The van der Waals surface area contributed by atoms with Crippen LogP contribution in [0.25, 0.3) is 0 Å². The molecular formula is C3H6Cl3O5PS2. The Hall–Kier alpha value is 1.35. The van der Waals surface area contributed by atoms with Crippen LogP contribution in [0.1, 0.15) is 0 Å². The summed E-state index contributed by atoms with van der Waals surface area (Å²) in [7, 11) is -4.00. The number of alkyl halides is 3. The summed E-state index contributed by atoms with van der Waals surface area (Å²) in [5.41, 5.74) is 0. The molecule has 86 valence electrons. The summed E-state index contributed by atoms with van der Waals surface area (Å²) in [4.78, 5) is 18.0. The third kappa shape index (κ3) is 6.05. The molecule has 0 saturated carbocycles. The molecule has 0 rings (SSSR count). The molecule has 0 aromatic rings. The van der Waals surface area contributed by atoms with Crippen molar-refractivity contribution in [3.63, 3.8) is 0 Å². The van der Waals surface area contributed by atoms with Gasteiger partial charge in [0.1, 0.15) is 0 Å². The summed E-state index contributed by atoms with van der Waals surface area (Å²) in [6, 6.07) is 0. The Morgan fingerprint density at radius 2 is 1.79 bits per heavy atom. The fraction of sp³-hybridized carbons (Fsp3) is 1.00. The van der Waals surface area contributed by atoms with E-state index >= 15 is 0 Å². The van der Waals surface area contributed by atoms with Crippen molar-refractivity contribution in [1.82, 2.24) is 0 Å². The number of hydrogen-bond acceptors (Lipinski definition) is 4.